The number of aromatic nitrogens is 4. The molecule has 11 rings (SSSR count). The molecule has 4 heteroatoms. The number of fused-ring (bicyclic) bond motifs is 4. The molecular weight excluding hydrogens is 717 g/mol. The van der Waals surface area contributed by atoms with Crippen LogP contribution in [-0.4, -0.2) is 19.1 Å². The maximum absolute atomic E-state index is 5.13. The van der Waals surface area contributed by atoms with E-state index < -0.39 is 0 Å². The SMILES string of the molecule is Cn1c(-c2ccc3c4cc(-c5ccc(-c6ccccc6)cc5)ccc4n(-c4cc(-c5ccccn5)ccc4-c4ccc(-c5ccccc5)cc4)c3c2)nc2ccccc21. The molecule has 0 unspecified atom stereocenters. The van der Waals surface area contributed by atoms with Gasteiger partial charge < -0.3 is 9.13 Å². The van der Waals surface area contributed by atoms with E-state index >= 15 is 0 Å². The summed E-state index contributed by atoms with van der Waals surface area (Å²) in [6, 6.07) is 73.9. The predicted molar refractivity (Wildman–Crippen MR) is 245 cm³/mol. The molecule has 3 aromatic heterocycles. The molecule has 0 bridgehead atoms. The number of hydrogen-bond donors (Lipinski definition) is 0. The number of rotatable bonds is 7. The highest BCUT2D eigenvalue weighted by molar-refractivity contribution is 6.12. The number of aryl methyl sites for hydroxylation is 1. The fourth-order valence-electron chi connectivity index (χ4n) is 8.62. The Morgan fingerprint density at radius 2 is 0.949 bits per heavy atom. The highest BCUT2D eigenvalue weighted by Gasteiger charge is 2.20. The molecular formula is C55H38N4. The Kier molecular flexibility index (Phi) is 8.34. The highest BCUT2D eigenvalue weighted by Crippen LogP contribution is 2.41. The van der Waals surface area contributed by atoms with Gasteiger partial charge in [-0.15, -0.1) is 0 Å². The van der Waals surface area contributed by atoms with E-state index in [4.69, 9.17) is 9.97 Å². The molecule has 0 atom stereocenters. The van der Waals surface area contributed by atoms with Gasteiger partial charge in [-0.05, 0) is 87.5 Å². The second-order valence-electron chi connectivity index (χ2n) is 15.1. The molecule has 3 heterocycles. The zero-order valence-electron chi connectivity index (χ0n) is 32.5. The molecule has 0 spiro atoms. The van der Waals surface area contributed by atoms with Crippen molar-refractivity contribution in [2.24, 2.45) is 7.05 Å². The van der Waals surface area contributed by atoms with Crippen LogP contribution in [0.2, 0.25) is 0 Å². The van der Waals surface area contributed by atoms with E-state index in [1.54, 1.807) is 0 Å². The fraction of sp³-hybridized carbons (Fsp3) is 0.0182. The summed E-state index contributed by atoms with van der Waals surface area (Å²) >= 11 is 0. The van der Waals surface area contributed by atoms with Gasteiger partial charge in [0, 0.05) is 40.7 Å². The van der Waals surface area contributed by atoms with Crippen LogP contribution in [0.3, 0.4) is 0 Å². The van der Waals surface area contributed by atoms with Crippen LogP contribution in [0, 0.1) is 0 Å². The van der Waals surface area contributed by atoms with Crippen molar-refractivity contribution in [2.75, 3.05) is 0 Å². The second-order valence-corrected chi connectivity index (χ2v) is 15.1. The Balaban J connectivity index is 1.14. The van der Waals surface area contributed by atoms with E-state index in [0.29, 0.717) is 0 Å². The number of para-hydroxylation sites is 2. The minimum Gasteiger partial charge on any atom is -0.327 e. The molecule has 8 aromatic carbocycles. The lowest BCUT2D eigenvalue weighted by Crippen LogP contribution is -1.99. The summed E-state index contributed by atoms with van der Waals surface area (Å²) in [4.78, 5) is 9.90. The minimum atomic E-state index is 0.933. The third-order valence-electron chi connectivity index (χ3n) is 11.6. The van der Waals surface area contributed by atoms with Crippen molar-refractivity contribution in [1.29, 1.82) is 0 Å². The zero-order chi connectivity index (χ0) is 39.3. The maximum atomic E-state index is 5.13. The molecule has 0 fully saturated rings. The molecule has 11 aromatic rings. The van der Waals surface area contributed by atoms with Crippen molar-refractivity contribution in [3.63, 3.8) is 0 Å². The van der Waals surface area contributed by atoms with Crippen LogP contribution in [0.5, 0.6) is 0 Å². The second kappa shape index (κ2) is 14.3. The van der Waals surface area contributed by atoms with Crippen LogP contribution < -0.4 is 0 Å². The van der Waals surface area contributed by atoms with Gasteiger partial charge in [-0.25, -0.2) is 4.98 Å². The first-order valence-electron chi connectivity index (χ1n) is 20.0. The zero-order valence-corrected chi connectivity index (χ0v) is 32.5. The number of pyridine rings is 1. The Morgan fingerprint density at radius 3 is 1.63 bits per heavy atom. The Hall–Kier alpha value is -7.82. The number of nitrogens with zero attached hydrogens (tertiary/aromatic N) is 4. The molecule has 0 aliphatic heterocycles. The summed E-state index contributed by atoms with van der Waals surface area (Å²) < 4.78 is 4.65. The average Bonchev–Trinajstić information content (AvgIpc) is 3.83. The lowest BCUT2D eigenvalue weighted by molar-refractivity contribution is 0.959. The number of hydrogen-bond acceptors (Lipinski definition) is 2. The lowest BCUT2D eigenvalue weighted by atomic mass is 9.97. The Labute approximate surface area is 343 Å². The lowest BCUT2D eigenvalue weighted by Gasteiger charge is -2.17. The van der Waals surface area contributed by atoms with Crippen molar-refractivity contribution in [3.05, 3.63) is 212 Å². The summed E-state index contributed by atoms with van der Waals surface area (Å²) in [6.07, 6.45) is 1.86. The molecule has 0 aliphatic carbocycles. The van der Waals surface area contributed by atoms with E-state index in [9.17, 15) is 0 Å². The van der Waals surface area contributed by atoms with Gasteiger partial charge in [0.25, 0.3) is 0 Å². The molecule has 0 amide bonds. The van der Waals surface area contributed by atoms with Gasteiger partial charge in [-0.3, -0.25) is 4.98 Å². The predicted octanol–water partition coefficient (Wildman–Crippen LogP) is 14.1. The molecule has 59 heavy (non-hydrogen) atoms. The van der Waals surface area contributed by atoms with E-state index in [-0.39, 0.29) is 0 Å². The van der Waals surface area contributed by atoms with Gasteiger partial charge in [-0.1, -0.05) is 158 Å². The molecule has 0 radical (unpaired) electrons. The first kappa shape index (κ1) is 34.4. The van der Waals surface area contributed by atoms with Crippen molar-refractivity contribution < 1.29 is 0 Å². The van der Waals surface area contributed by atoms with Crippen LogP contribution in [0.25, 0.3) is 106 Å². The third-order valence-corrected chi connectivity index (χ3v) is 11.6. The van der Waals surface area contributed by atoms with Crippen molar-refractivity contribution in [2.45, 2.75) is 0 Å². The molecule has 0 aliphatic rings. The Morgan fingerprint density at radius 1 is 0.373 bits per heavy atom. The monoisotopic (exact) mass is 754 g/mol. The van der Waals surface area contributed by atoms with Gasteiger partial charge >= 0.3 is 0 Å². The van der Waals surface area contributed by atoms with Gasteiger partial charge in [0.15, 0.2) is 0 Å². The summed E-state index contributed by atoms with van der Waals surface area (Å²) in [6.45, 7) is 0. The number of benzene rings is 8. The normalized spacial score (nSPS) is 11.5. The van der Waals surface area contributed by atoms with Crippen LogP contribution in [-0.2, 0) is 7.05 Å². The van der Waals surface area contributed by atoms with Gasteiger partial charge in [-0.2, -0.15) is 0 Å². The highest BCUT2D eigenvalue weighted by atomic mass is 15.1. The van der Waals surface area contributed by atoms with Gasteiger partial charge in [0.1, 0.15) is 5.82 Å². The molecule has 0 N–H and O–H groups in total. The van der Waals surface area contributed by atoms with E-state index in [2.05, 4.69) is 216 Å². The van der Waals surface area contributed by atoms with Crippen molar-refractivity contribution in [3.8, 4) is 72.8 Å². The molecule has 0 saturated carbocycles. The summed E-state index contributed by atoms with van der Waals surface area (Å²) in [5, 5.41) is 2.37. The van der Waals surface area contributed by atoms with Crippen LogP contribution in [0.4, 0.5) is 0 Å². The smallest absolute Gasteiger partial charge is 0.140 e. The molecule has 4 nitrogen and oxygen atoms in total. The van der Waals surface area contributed by atoms with E-state index in [1.165, 1.54) is 44.2 Å². The van der Waals surface area contributed by atoms with E-state index in [0.717, 1.165) is 61.5 Å². The largest absolute Gasteiger partial charge is 0.327 e. The minimum absolute atomic E-state index is 0.933. The van der Waals surface area contributed by atoms with Gasteiger partial charge in [0.05, 0.1) is 33.4 Å². The van der Waals surface area contributed by atoms with Crippen molar-refractivity contribution >= 4 is 32.8 Å². The van der Waals surface area contributed by atoms with Crippen LogP contribution >= 0.6 is 0 Å². The van der Waals surface area contributed by atoms with Gasteiger partial charge in [0.2, 0.25) is 0 Å². The first-order chi connectivity index (χ1) is 29.2. The van der Waals surface area contributed by atoms with Crippen LogP contribution in [0.1, 0.15) is 0 Å². The van der Waals surface area contributed by atoms with Crippen molar-refractivity contribution in [1.82, 2.24) is 19.1 Å². The molecule has 0 saturated heterocycles. The van der Waals surface area contributed by atoms with E-state index in [1.807, 2.05) is 12.3 Å². The number of imidazole rings is 1. The summed E-state index contributed by atoms with van der Waals surface area (Å²) in [7, 11) is 2.10. The maximum Gasteiger partial charge on any atom is 0.140 e. The molecule has 278 valence electrons. The fourth-order valence-corrected chi connectivity index (χ4v) is 8.62. The van der Waals surface area contributed by atoms with Crippen LogP contribution in [0.15, 0.2) is 212 Å². The topological polar surface area (TPSA) is 35.6 Å². The third kappa shape index (κ3) is 6.10. The standard InChI is InChI=1S/C55H38N4/c1-58-52-18-9-8-17-50(52)57-55(58)45-28-31-47-48-34-43(41-21-19-39(20-22-41)37-12-4-2-5-13-37)29-32-51(48)59(54(47)36-45)53-35-44(49-16-10-11-33-56-49)27-30-46(53)42-25-23-40(24-26-42)38-14-6-3-7-15-38/h2-36H,1H3. The summed E-state index contributed by atoms with van der Waals surface area (Å²) in [5.41, 5.74) is 17.9. The quantitative estimate of drug-likeness (QED) is 0.162. The Bertz CT molecular complexity index is 3290. The average molecular weight is 755 g/mol. The summed E-state index contributed by atoms with van der Waals surface area (Å²) in [5.74, 6) is 0.933. The first-order valence-corrected chi connectivity index (χ1v) is 20.0.